The van der Waals surface area contributed by atoms with Gasteiger partial charge in [0.2, 0.25) is 0 Å². The van der Waals surface area contributed by atoms with E-state index in [1.54, 1.807) is 0 Å². The van der Waals surface area contributed by atoms with Gasteiger partial charge in [-0.3, -0.25) is 9.59 Å². The van der Waals surface area contributed by atoms with Gasteiger partial charge < -0.3 is 5.11 Å². The van der Waals surface area contributed by atoms with Gasteiger partial charge in [0.1, 0.15) is 17.3 Å². The number of hydrogen-bond donors (Lipinski definition) is 1. The number of rotatable bonds is 3. The van der Waals surface area contributed by atoms with Crippen LogP contribution in [0.25, 0.3) is 0 Å². The molecule has 0 spiro atoms. The van der Waals surface area contributed by atoms with Crippen molar-refractivity contribution in [2.24, 2.45) is 0 Å². The molecule has 4 nitrogen and oxygen atoms in total. The molecule has 0 unspecified atom stereocenters. The third kappa shape index (κ3) is 3.42. The van der Waals surface area contributed by atoms with Crippen LogP contribution >= 0.6 is 11.6 Å². The van der Waals surface area contributed by atoms with Crippen molar-refractivity contribution in [3.05, 3.63) is 28.5 Å². The predicted molar refractivity (Wildman–Crippen MR) is 50.8 cm³/mol. The van der Waals surface area contributed by atoms with Crippen molar-refractivity contribution >= 4 is 23.4 Å². The summed E-state index contributed by atoms with van der Waals surface area (Å²) in [5.41, 5.74) is -1.59. The topological polar surface area (TPSA) is 67.3 Å². The van der Waals surface area contributed by atoms with Gasteiger partial charge in [-0.05, 0) is 12.1 Å². The summed E-state index contributed by atoms with van der Waals surface area (Å²) in [6, 6.07) is 1.38. The van der Waals surface area contributed by atoms with E-state index >= 15 is 0 Å². The van der Waals surface area contributed by atoms with Crippen molar-refractivity contribution in [1.82, 2.24) is 4.98 Å². The first-order valence-electron chi connectivity index (χ1n) is 4.20. The fourth-order valence-electron chi connectivity index (χ4n) is 1.03. The quantitative estimate of drug-likeness (QED) is 0.519. The number of alkyl halides is 3. The second-order valence-electron chi connectivity index (χ2n) is 3.03. The van der Waals surface area contributed by atoms with Gasteiger partial charge in [-0.15, -0.1) is 0 Å². The molecule has 0 atom stereocenters. The molecule has 0 bridgehead atoms. The summed E-state index contributed by atoms with van der Waals surface area (Å²) in [4.78, 5) is 24.5. The zero-order valence-corrected chi connectivity index (χ0v) is 8.84. The van der Waals surface area contributed by atoms with E-state index in [0.29, 0.717) is 6.07 Å². The summed E-state index contributed by atoms with van der Waals surface area (Å²) in [6.45, 7) is 0. The normalized spacial score (nSPS) is 11.3. The highest BCUT2D eigenvalue weighted by molar-refractivity contribution is 6.33. The molecular weight excluding hydrogens is 263 g/mol. The molecular formula is C9H5ClF3NO3. The minimum absolute atomic E-state index is 0.345. The van der Waals surface area contributed by atoms with Crippen LogP contribution in [-0.2, 0) is 11.0 Å². The van der Waals surface area contributed by atoms with Crippen LogP contribution in [0.15, 0.2) is 12.1 Å². The second kappa shape index (κ2) is 4.70. The predicted octanol–water partition coefficient (Wildman–Crippen LogP) is 2.41. The zero-order chi connectivity index (χ0) is 13.2. The minimum Gasteiger partial charge on any atom is -0.481 e. The maximum atomic E-state index is 12.2. The Morgan fingerprint density at radius 3 is 2.35 bits per heavy atom. The van der Waals surface area contributed by atoms with Crippen molar-refractivity contribution in [2.75, 3.05) is 0 Å². The largest absolute Gasteiger partial charge is 0.481 e. The van der Waals surface area contributed by atoms with Gasteiger partial charge in [0.15, 0.2) is 5.78 Å². The number of carbonyl (C=O) groups excluding carboxylic acids is 1. The number of hydrogen-bond acceptors (Lipinski definition) is 3. The maximum Gasteiger partial charge on any atom is 0.433 e. The van der Waals surface area contributed by atoms with Crippen LogP contribution < -0.4 is 0 Å². The Balaban J connectivity index is 3.06. The highest BCUT2D eigenvalue weighted by Gasteiger charge is 2.33. The fourth-order valence-corrected chi connectivity index (χ4v) is 1.29. The molecule has 1 aromatic rings. The number of carboxylic acids is 1. The lowest BCUT2D eigenvalue weighted by Gasteiger charge is -2.07. The van der Waals surface area contributed by atoms with Crippen LogP contribution in [0.3, 0.4) is 0 Å². The Morgan fingerprint density at radius 2 is 1.94 bits per heavy atom. The molecule has 17 heavy (non-hydrogen) atoms. The average molecular weight is 268 g/mol. The summed E-state index contributed by atoms with van der Waals surface area (Å²) in [6.07, 6.45) is -5.52. The number of halogens is 4. The van der Waals surface area contributed by atoms with Crippen molar-refractivity contribution in [2.45, 2.75) is 12.6 Å². The maximum absolute atomic E-state index is 12.2. The van der Waals surface area contributed by atoms with Crippen LogP contribution in [-0.4, -0.2) is 21.8 Å². The van der Waals surface area contributed by atoms with Crippen molar-refractivity contribution in [1.29, 1.82) is 0 Å². The first-order chi connectivity index (χ1) is 7.71. The standard InChI is InChI=1S/C9H5ClF3NO3/c10-8-4(5(15)3-7(16)17)1-2-6(14-8)9(11,12)13/h1-2H,3H2,(H,16,17). The number of aromatic nitrogens is 1. The van der Waals surface area contributed by atoms with E-state index in [1.165, 1.54) is 0 Å². The number of aliphatic carboxylic acids is 1. The molecule has 0 aliphatic carbocycles. The van der Waals surface area contributed by atoms with Gasteiger partial charge in [-0.2, -0.15) is 13.2 Å². The van der Waals surface area contributed by atoms with E-state index in [1.807, 2.05) is 0 Å². The summed E-state index contributed by atoms with van der Waals surface area (Å²) >= 11 is 5.39. The van der Waals surface area contributed by atoms with Crippen LogP contribution in [0.2, 0.25) is 5.15 Å². The van der Waals surface area contributed by atoms with Crippen molar-refractivity contribution < 1.29 is 27.9 Å². The number of carbonyl (C=O) groups is 2. The Bertz CT molecular complexity index is 473. The third-order valence-electron chi connectivity index (χ3n) is 1.75. The van der Waals surface area contributed by atoms with Crippen LogP contribution in [0.4, 0.5) is 13.2 Å². The van der Waals surface area contributed by atoms with E-state index in [0.717, 1.165) is 6.07 Å². The van der Waals surface area contributed by atoms with Crippen molar-refractivity contribution in [3.63, 3.8) is 0 Å². The molecule has 0 saturated carbocycles. The minimum atomic E-state index is -4.67. The molecule has 1 rings (SSSR count). The van der Waals surface area contributed by atoms with E-state index < -0.39 is 35.2 Å². The highest BCUT2D eigenvalue weighted by atomic mass is 35.5. The first kappa shape index (κ1) is 13.4. The molecule has 1 heterocycles. The number of Topliss-reactive ketones (excluding diaryl/α,β-unsaturated/α-hetero) is 1. The average Bonchev–Trinajstić information content (AvgIpc) is 2.14. The van der Waals surface area contributed by atoms with Gasteiger partial charge in [0.05, 0.1) is 5.56 Å². The number of ketones is 1. The SMILES string of the molecule is O=C(O)CC(=O)c1ccc(C(F)(F)F)nc1Cl. The van der Waals surface area contributed by atoms with Gasteiger partial charge in [0.25, 0.3) is 0 Å². The van der Waals surface area contributed by atoms with Gasteiger partial charge >= 0.3 is 12.1 Å². The summed E-state index contributed by atoms with van der Waals surface area (Å²) in [5, 5.41) is 7.69. The second-order valence-corrected chi connectivity index (χ2v) is 3.38. The van der Waals surface area contributed by atoms with Crippen LogP contribution in [0, 0.1) is 0 Å². The molecule has 0 radical (unpaired) electrons. The van der Waals surface area contributed by atoms with Crippen LogP contribution in [0.5, 0.6) is 0 Å². The summed E-state index contributed by atoms with van der Waals surface area (Å²) < 4.78 is 36.6. The van der Waals surface area contributed by atoms with Gasteiger partial charge in [-0.25, -0.2) is 4.98 Å². The number of carboxylic acid groups (broad SMARTS) is 1. The molecule has 0 aromatic carbocycles. The first-order valence-corrected chi connectivity index (χ1v) is 4.58. The molecule has 0 fully saturated rings. The Labute approximate surface area is 98.0 Å². The summed E-state index contributed by atoms with van der Waals surface area (Å²) in [7, 11) is 0. The van der Waals surface area contributed by atoms with Crippen molar-refractivity contribution in [3.8, 4) is 0 Å². The lowest BCUT2D eigenvalue weighted by molar-refractivity contribution is -0.141. The van der Waals surface area contributed by atoms with E-state index in [9.17, 15) is 22.8 Å². The molecule has 0 amide bonds. The van der Waals surface area contributed by atoms with Crippen LogP contribution in [0.1, 0.15) is 22.5 Å². The van der Waals surface area contributed by atoms with E-state index in [-0.39, 0.29) is 5.56 Å². The molecule has 0 saturated heterocycles. The van der Waals surface area contributed by atoms with Gasteiger partial charge in [0, 0.05) is 0 Å². The number of nitrogens with zero attached hydrogens (tertiary/aromatic N) is 1. The molecule has 0 aliphatic rings. The fraction of sp³-hybridized carbons (Fsp3) is 0.222. The molecule has 92 valence electrons. The van der Waals surface area contributed by atoms with E-state index in [2.05, 4.69) is 4.98 Å². The van der Waals surface area contributed by atoms with E-state index in [4.69, 9.17) is 16.7 Å². The smallest absolute Gasteiger partial charge is 0.433 e. The molecule has 1 aromatic heterocycles. The highest BCUT2D eigenvalue weighted by Crippen LogP contribution is 2.29. The zero-order valence-electron chi connectivity index (χ0n) is 8.08. The number of pyridine rings is 1. The third-order valence-corrected chi connectivity index (χ3v) is 2.04. The monoisotopic (exact) mass is 267 g/mol. The Hall–Kier alpha value is -1.63. The Kier molecular flexibility index (Phi) is 3.72. The molecule has 8 heteroatoms. The van der Waals surface area contributed by atoms with Gasteiger partial charge in [-0.1, -0.05) is 11.6 Å². The Morgan fingerprint density at radius 1 is 1.35 bits per heavy atom. The lowest BCUT2D eigenvalue weighted by Crippen LogP contribution is -2.12. The lowest BCUT2D eigenvalue weighted by atomic mass is 10.1. The summed E-state index contributed by atoms with van der Waals surface area (Å²) in [5.74, 6) is -2.30. The molecule has 0 aliphatic heterocycles. The molecule has 1 N–H and O–H groups in total.